The Bertz CT molecular complexity index is 1330. The van der Waals surface area contributed by atoms with Crippen LogP contribution in [0.3, 0.4) is 0 Å². The molecule has 2 aromatic carbocycles. The van der Waals surface area contributed by atoms with Gasteiger partial charge in [0.2, 0.25) is 15.8 Å². The van der Waals surface area contributed by atoms with Crippen LogP contribution >= 0.6 is 0 Å². The van der Waals surface area contributed by atoms with Gasteiger partial charge in [-0.25, -0.2) is 18.4 Å². The molecule has 2 aromatic rings. The number of sulfonamides is 1. The summed E-state index contributed by atoms with van der Waals surface area (Å²) in [5, 5.41) is 5.14. The van der Waals surface area contributed by atoms with E-state index in [4.69, 9.17) is 24.1 Å². The van der Waals surface area contributed by atoms with Gasteiger partial charge in [0.25, 0.3) is 0 Å². The number of hydrogen-bond donors (Lipinski definition) is 1. The zero-order valence-electron chi connectivity index (χ0n) is 22.5. The lowest BCUT2D eigenvalue weighted by Crippen LogP contribution is -2.35. The second-order valence-electron chi connectivity index (χ2n) is 10.1. The van der Waals surface area contributed by atoms with E-state index in [0.717, 1.165) is 42.6 Å². The van der Waals surface area contributed by atoms with Crippen LogP contribution in [-0.4, -0.2) is 51.5 Å². The van der Waals surface area contributed by atoms with Gasteiger partial charge in [0.15, 0.2) is 0 Å². The Morgan fingerprint density at radius 3 is 2.72 bits per heavy atom. The van der Waals surface area contributed by atoms with Gasteiger partial charge >= 0.3 is 6.09 Å². The summed E-state index contributed by atoms with van der Waals surface area (Å²) in [6.45, 7) is 6.53. The summed E-state index contributed by atoms with van der Waals surface area (Å²) in [5.74, 6) is 6.03. The standard InChI is InChI=1S/C29H36N2O7S/c1-29(2)36-21-25-24(14-10-15-26(25)38-29)27-20-31(28(32)37-27)16-6-3-4-7-17-35-18-8-5-11-22-12-9-13-23(19-22)39(30,33)34/h9-10,12-15,19,27H,3-4,6-8,16-18,20-21H2,1-2H3,(H2,30,33,34)/t27-/m0/s1. The number of benzene rings is 2. The van der Waals surface area contributed by atoms with Crippen molar-refractivity contribution < 1.29 is 32.2 Å². The van der Waals surface area contributed by atoms with Gasteiger partial charge in [-0.1, -0.05) is 42.9 Å². The highest BCUT2D eigenvalue weighted by molar-refractivity contribution is 7.89. The van der Waals surface area contributed by atoms with Crippen molar-refractivity contribution in [1.29, 1.82) is 0 Å². The number of nitrogens with two attached hydrogens (primary N) is 1. The van der Waals surface area contributed by atoms with E-state index in [1.54, 1.807) is 17.0 Å². The van der Waals surface area contributed by atoms with Crippen LogP contribution in [-0.2, 0) is 30.8 Å². The summed E-state index contributed by atoms with van der Waals surface area (Å²) >= 11 is 0. The van der Waals surface area contributed by atoms with Crippen molar-refractivity contribution in [2.45, 2.75) is 69.3 Å². The lowest BCUT2D eigenvalue weighted by atomic mass is 10.0. The maximum Gasteiger partial charge on any atom is 0.410 e. The summed E-state index contributed by atoms with van der Waals surface area (Å²) in [5.41, 5.74) is 2.49. The molecule has 4 rings (SSSR count). The molecule has 10 heteroatoms. The average Bonchev–Trinajstić information content (AvgIpc) is 3.26. The highest BCUT2D eigenvalue weighted by Crippen LogP contribution is 2.38. The minimum Gasteiger partial charge on any atom is -0.463 e. The summed E-state index contributed by atoms with van der Waals surface area (Å²) in [6.07, 6.45) is 3.79. The highest BCUT2D eigenvalue weighted by atomic mass is 32.2. The number of nitrogens with zero attached hydrogens (tertiary/aromatic N) is 1. The molecule has 9 nitrogen and oxygen atoms in total. The Kier molecular flexibility index (Phi) is 9.51. The van der Waals surface area contributed by atoms with Crippen molar-refractivity contribution in [3.8, 4) is 17.6 Å². The zero-order valence-corrected chi connectivity index (χ0v) is 23.3. The van der Waals surface area contributed by atoms with Crippen molar-refractivity contribution in [2.24, 2.45) is 5.14 Å². The minimum absolute atomic E-state index is 0.0520. The smallest absolute Gasteiger partial charge is 0.410 e. The number of ether oxygens (including phenoxy) is 4. The molecule has 0 aromatic heterocycles. The van der Waals surface area contributed by atoms with Crippen molar-refractivity contribution in [3.63, 3.8) is 0 Å². The number of carbonyl (C=O) groups is 1. The minimum atomic E-state index is -3.73. The largest absolute Gasteiger partial charge is 0.463 e. The molecule has 2 aliphatic heterocycles. The van der Waals surface area contributed by atoms with Crippen LogP contribution in [0.5, 0.6) is 5.75 Å². The fraction of sp³-hybridized carbons (Fsp3) is 0.483. The van der Waals surface area contributed by atoms with E-state index in [9.17, 15) is 13.2 Å². The molecule has 0 saturated carbocycles. The zero-order chi connectivity index (χ0) is 27.9. The summed E-state index contributed by atoms with van der Waals surface area (Å²) < 4.78 is 45.9. The third kappa shape index (κ3) is 8.19. The SMILES string of the molecule is CC1(C)OCc2c(cccc2[C@@H]2CN(CCCCCCOCCC#Cc3cccc(S(N)(=O)=O)c3)C(=O)O2)O1. The topological polar surface area (TPSA) is 117 Å². The number of fused-ring (bicyclic) bond motifs is 1. The van der Waals surface area contributed by atoms with E-state index in [2.05, 4.69) is 11.8 Å². The van der Waals surface area contributed by atoms with Crippen LogP contribution in [0.4, 0.5) is 4.79 Å². The van der Waals surface area contributed by atoms with Gasteiger partial charge in [0, 0.05) is 50.1 Å². The predicted octanol–water partition coefficient (Wildman–Crippen LogP) is 4.49. The lowest BCUT2D eigenvalue weighted by molar-refractivity contribution is -0.180. The Morgan fingerprint density at radius 1 is 1.10 bits per heavy atom. The highest BCUT2D eigenvalue weighted by Gasteiger charge is 2.36. The molecule has 1 saturated heterocycles. The quantitative estimate of drug-likeness (QED) is 0.320. The van der Waals surface area contributed by atoms with E-state index < -0.39 is 15.8 Å². The number of amides is 1. The van der Waals surface area contributed by atoms with Gasteiger partial charge in [-0.3, -0.25) is 0 Å². The molecule has 2 N–H and O–H groups in total. The number of cyclic esters (lactones) is 1. The first kappa shape index (κ1) is 28.9. The van der Waals surface area contributed by atoms with E-state index in [-0.39, 0.29) is 17.1 Å². The number of carbonyl (C=O) groups excluding carboxylic acids is 1. The van der Waals surface area contributed by atoms with Crippen LogP contribution in [0.2, 0.25) is 0 Å². The molecule has 2 aliphatic rings. The molecular weight excluding hydrogens is 520 g/mol. The first-order valence-corrected chi connectivity index (χ1v) is 14.8. The molecule has 0 spiro atoms. The van der Waals surface area contributed by atoms with Gasteiger partial charge in [0.1, 0.15) is 11.9 Å². The number of hydrogen-bond acceptors (Lipinski definition) is 7. The van der Waals surface area contributed by atoms with E-state index in [1.165, 1.54) is 12.1 Å². The average molecular weight is 557 g/mol. The number of unbranched alkanes of at least 4 members (excludes halogenated alkanes) is 3. The van der Waals surface area contributed by atoms with Crippen LogP contribution < -0.4 is 9.88 Å². The summed E-state index contributed by atoms with van der Waals surface area (Å²) in [7, 11) is -3.73. The summed E-state index contributed by atoms with van der Waals surface area (Å²) in [4.78, 5) is 14.3. The van der Waals surface area contributed by atoms with Crippen molar-refractivity contribution in [2.75, 3.05) is 26.3 Å². The van der Waals surface area contributed by atoms with Gasteiger partial charge in [-0.05, 0) is 37.1 Å². The van der Waals surface area contributed by atoms with E-state index in [0.29, 0.717) is 44.9 Å². The molecule has 2 heterocycles. The first-order chi connectivity index (χ1) is 18.6. The molecule has 1 amide bonds. The maximum atomic E-state index is 12.4. The van der Waals surface area contributed by atoms with Crippen LogP contribution in [0.15, 0.2) is 47.4 Å². The van der Waals surface area contributed by atoms with Gasteiger partial charge in [0.05, 0.1) is 24.7 Å². The monoisotopic (exact) mass is 556 g/mol. The molecule has 1 fully saturated rings. The molecule has 1 atom stereocenters. The Balaban J connectivity index is 1.09. The first-order valence-electron chi connectivity index (χ1n) is 13.2. The third-order valence-corrected chi connectivity index (χ3v) is 7.47. The van der Waals surface area contributed by atoms with Gasteiger partial charge in [-0.2, -0.15) is 0 Å². The molecule has 0 radical (unpaired) electrons. The van der Waals surface area contributed by atoms with Crippen LogP contribution in [0.1, 0.15) is 68.7 Å². The van der Waals surface area contributed by atoms with Crippen molar-refractivity contribution >= 4 is 16.1 Å². The van der Waals surface area contributed by atoms with Gasteiger partial charge < -0.3 is 23.8 Å². The fourth-order valence-electron chi connectivity index (χ4n) is 4.53. The Hall–Kier alpha value is -3.10. The van der Waals surface area contributed by atoms with Crippen LogP contribution in [0.25, 0.3) is 0 Å². The van der Waals surface area contributed by atoms with Crippen LogP contribution in [0, 0.1) is 11.8 Å². The third-order valence-electron chi connectivity index (χ3n) is 6.56. The second kappa shape index (κ2) is 12.8. The van der Waals surface area contributed by atoms with E-state index in [1.807, 2.05) is 32.0 Å². The predicted molar refractivity (Wildman–Crippen MR) is 145 cm³/mol. The van der Waals surface area contributed by atoms with Crippen molar-refractivity contribution in [3.05, 3.63) is 59.2 Å². The van der Waals surface area contributed by atoms with E-state index >= 15 is 0 Å². The fourth-order valence-corrected chi connectivity index (χ4v) is 5.09. The Morgan fingerprint density at radius 2 is 1.90 bits per heavy atom. The second-order valence-corrected chi connectivity index (χ2v) is 11.6. The molecule has 0 bridgehead atoms. The normalized spacial score (nSPS) is 18.1. The lowest BCUT2D eigenvalue weighted by Gasteiger charge is -2.34. The molecule has 0 unspecified atom stereocenters. The summed E-state index contributed by atoms with van der Waals surface area (Å²) in [6, 6.07) is 12.1. The van der Waals surface area contributed by atoms with Crippen molar-refractivity contribution in [1.82, 2.24) is 4.90 Å². The molecule has 210 valence electrons. The number of primary sulfonamides is 1. The number of rotatable bonds is 11. The maximum absolute atomic E-state index is 12.4. The van der Waals surface area contributed by atoms with Gasteiger partial charge in [-0.15, -0.1) is 0 Å². The molecule has 39 heavy (non-hydrogen) atoms. The Labute approximate surface area is 230 Å². The molecule has 0 aliphatic carbocycles. The molecular formula is C29H36N2O7S.